The van der Waals surface area contributed by atoms with Crippen molar-refractivity contribution >= 4 is 22.7 Å². The molecule has 0 bridgehead atoms. The number of carbonyl (C=O) groups excluding carboxylic acids is 1. The zero-order valence-electron chi connectivity index (χ0n) is 15.4. The molecule has 2 heterocycles. The summed E-state index contributed by atoms with van der Waals surface area (Å²) in [6.45, 7) is 5.80. The van der Waals surface area contributed by atoms with Crippen molar-refractivity contribution in [1.29, 1.82) is 0 Å². The molecule has 0 saturated carbocycles. The van der Waals surface area contributed by atoms with Crippen molar-refractivity contribution in [3.63, 3.8) is 0 Å². The van der Waals surface area contributed by atoms with E-state index in [2.05, 4.69) is 15.5 Å². The van der Waals surface area contributed by atoms with Crippen molar-refractivity contribution < 1.29 is 18.8 Å². The first-order valence-corrected chi connectivity index (χ1v) is 8.24. The Morgan fingerprint density at radius 3 is 2.35 bits per heavy atom. The van der Waals surface area contributed by atoms with Gasteiger partial charge in [-0.15, -0.1) is 0 Å². The number of hydrogen-bond donors (Lipinski definition) is 1. The lowest BCUT2D eigenvalue weighted by Crippen LogP contribution is -2.14. The number of benzene rings is 1. The smallest absolute Gasteiger partial charge is 0.259 e. The fourth-order valence-electron chi connectivity index (χ4n) is 2.67. The monoisotopic (exact) mass is 355 g/mol. The number of nitrogens with one attached hydrogen (secondary N) is 1. The summed E-state index contributed by atoms with van der Waals surface area (Å²) in [5.74, 6) is 1.04. The molecule has 2 aromatic heterocycles. The average molecular weight is 355 g/mol. The standard InChI is InChI=1S/C19H21N3O4/c1-10(2)16-9-15(17-11(3)22-26-19(17)21-16)18(23)20-12-6-13(24-4)8-14(7-12)25-5/h6-10H,1-5H3,(H,20,23). The Morgan fingerprint density at radius 1 is 1.12 bits per heavy atom. The first-order valence-electron chi connectivity index (χ1n) is 8.24. The number of pyridine rings is 1. The van der Waals surface area contributed by atoms with Gasteiger partial charge in [0, 0.05) is 29.6 Å². The number of nitrogens with zero attached hydrogens (tertiary/aromatic N) is 2. The second-order valence-electron chi connectivity index (χ2n) is 6.25. The number of aryl methyl sites for hydroxylation is 1. The Labute approximate surface area is 151 Å². The van der Waals surface area contributed by atoms with E-state index in [0.29, 0.717) is 39.5 Å². The van der Waals surface area contributed by atoms with E-state index in [4.69, 9.17) is 14.0 Å². The molecule has 0 aliphatic carbocycles. The van der Waals surface area contributed by atoms with Crippen LogP contribution in [0.3, 0.4) is 0 Å². The average Bonchev–Trinajstić information content (AvgIpc) is 3.01. The Kier molecular flexibility index (Phi) is 4.79. The van der Waals surface area contributed by atoms with E-state index in [1.54, 1.807) is 45.4 Å². The zero-order valence-corrected chi connectivity index (χ0v) is 15.4. The van der Waals surface area contributed by atoms with E-state index in [9.17, 15) is 4.79 Å². The lowest BCUT2D eigenvalue weighted by molar-refractivity contribution is 0.102. The number of methoxy groups -OCH3 is 2. The summed E-state index contributed by atoms with van der Waals surface area (Å²) in [5, 5.41) is 7.44. The van der Waals surface area contributed by atoms with Gasteiger partial charge < -0.3 is 19.3 Å². The van der Waals surface area contributed by atoms with Crippen LogP contribution in [0.2, 0.25) is 0 Å². The summed E-state index contributed by atoms with van der Waals surface area (Å²) in [4.78, 5) is 17.4. The normalized spacial score (nSPS) is 11.0. The van der Waals surface area contributed by atoms with E-state index in [0.717, 1.165) is 5.69 Å². The van der Waals surface area contributed by atoms with Crippen molar-refractivity contribution in [3.8, 4) is 11.5 Å². The van der Waals surface area contributed by atoms with Crippen molar-refractivity contribution in [2.75, 3.05) is 19.5 Å². The van der Waals surface area contributed by atoms with Crippen LogP contribution in [0.5, 0.6) is 11.5 Å². The van der Waals surface area contributed by atoms with E-state index in [1.165, 1.54) is 0 Å². The van der Waals surface area contributed by atoms with Gasteiger partial charge in [0.05, 0.1) is 30.9 Å². The van der Waals surface area contributed by atoms with E-state index in [1.807, 2.05) is 13.8 Å². The fraction of sp³-hybridized carbons (Fsp3) is 0.316. The van der Waals surface area contributed by atoms with Crippen LogP contribution in [0.1, 0.15) is 41.5 Å². The lowest BCUT2D eigenvalue weighted by atomic mass is 10.0. The highest BCUT2D eigenvalue weighted by Crippen LogP contribution is 2.28. The van der Waals surface area contributed by atoms with Crippen LogP contribution in [-0.4, -0.2) is 30.3 Å². The maximum Gasteiger partial charge on any atom is 0.259 e. The highest BCUT2D eigenvalue weighted by Gasteiger charge is 2.20. The van der Waals surface area contributed by atoms with Crippen LogP contribution < -0.4 is 14.8 Å². The van der Waals surface area contributed by atoms with Crippen LogP contribution in [0.15, 0.2) is 28.8 Å². The van der Waals surface area contributed by atoms with E-state index >= 15 is 0 Å². The maximum atomic E-state index is 13.0. The number of ether oxygens (including phenoxy) is 2. The molecule has 1 amide bonds. The van der Waals surface area contributed by atoms with Gasteiger partial charge in [0.2, 0.25) is 0 Å². The summed E-state index contributed by atoms with van der Waals surface area (Å²) < 4.78 is 15.8. The predicted molar refractivity (Wildman–Crippen MR) is 98.1 cm³/mol. The van der Waals surface area contributed by atoms with Crippen molar-refractivity contribution in [2.45, 2.75) is 26.7 Å². The van der Waals surface area contributed by atoms with Gasteiger partial charge in [-0.25, -0.2) is 4.98 Å². The predicted octanol–water partition coefficient (Wildman–Crippen LogP) is 3.92. The molecule has 136 valence electrons. The van der Waals surface area contributed by atoms with Crippen LogP contribution >= 0.6 is 0 Å². The Morgan fingerprint density at radius 2 is 1.77 bits per heavy atom. The number of hydrogen-bond acceptors (Lipinski definition) is 6. The number of amides is 1. The second-order valence-corrected chi connectivity index (χ2v) is 6.25. The number of anilines is 1. The summed E-state index contributed by atoms with van der Waals surface area (Å²) >= 11 is 0. The van der Waals surface area contributed by atoms with Gasteiger partial charge in [-0.05, 0) is 18.9 Å². The molecule has 1 N–H and O–H groups in total. The molecule has 0 unspecified atom stereocenters. The summed E-state index contributed by atoms with van der Waals surface area (Å²) in [6, 6.07) is 6.97. The minimum atomic E-state index is -0.277. The van der Waals surface area contributed by atoms with Crippen molar-refractivity contribution in [2.24, 2.45) is 0 Å². The SMILES string of the molecule is COc1cc(NC(=O)c2cc(C(C)C)nc3onc(C)c23)cc(OC)c1. The largest absolute Gasteiger partial charge is 0.497 e. The van der Waals surface area contributed by atoms with Crippen LogP contribution in [0.4, 0.5) is 5.69 Å². The molecule has 0 radical (unpaired) electrons. The van der Waals surface area contributed by atoms with E-state index < -0.39 is 0 Å². The summed E-state index contributed by atoms with van der Waals surface area (Å²) in [7, 11) is 3.12. The van der Waals surface area contributed by atoms with E-state index in [-0.39, 0.29) is 11.8 Å². The highest BCUT2D eigenvalue weighted by atomic mass is 16.5. The topological polar surface area (TPSA) is 86.5 Å². The van der Waals surface area contributed by atoms with Gasteiger partial charge >= 0.3 is 0 Å². The molecule has 1 aromatic carbocycles. The molecule has 0 atom stereocenters. The number of aromatic nitrogens is 2. The van der Waals surface area contributed by atoms with Gasteiger partial charge in [0.15, 0.2) is 0 Å². The number of fused-ring (bicyclic) bond motifs is 1. The number of carbonyl (C=O) groups is 1. The quantitative estimate of drug-likeness (QED) is 0.746. The minimum absolute atomic E-state index is 0.147. The van der Waals surface area contributed by atoms with Gasteiger partial charge in [-0.1, -0.05) is 19.0 Å². The maximum absolute atomic E-state index is 13.0. The molecule has 3 aromatic rings. The summed E-state index contributed by atoms with van der Waals surface area (Å²) in [5.41, 5.74) is 2.79. The molecule has 0 fully saturated rings. The number of rotatable bonds is 5. The Balaban J connectivity index is 2.04. The first kappa shape index (κ1) is 17.7. The van der Waals surface area contributed by atoms with Gasteiger partial charge in [-0.2, -0.15) is 0 Å². The van der Waals surface area contributed by atoms with Gasteiger partial charge in [0.25, 0.3) is 11.6 Å². The molecule has 26 heavy (non-hydrogen) atoms. The zero-order chi connectivity index (χ0) is 18.8. The molecular formula is C19H21N3O4. The first-order chi connectivity index (χ1) is 12.4. The Hall–Kier alpha value is -3.09. The third-order valence-corrected chi connectivity index (χ3v) is 4.08. The van der Waals surface area contributed by atoms with Crippen molar-refractivity contribution in [3.05, 3.63) is 41.2 Å². The molecule has 0 aliphatic heterocycles. The van der Waals surface area contributed by atoms with Crippen LogP contribution in [0.25, 0.3) is 11.1 Å². The lowest BCUT2D eigenvalue weighted by Gasteiger charge is -2.12. The molecule has 0 saturated heterocycles. The summed E-state index contributed by atoms with van der Waals surface area (Å²) in [6.07, 6.45) is 0. The minimum Gasteiger partial charge on any atom is -0.497 e. The van der Waals surface area contributed by atoms with Crippen molar-refractivity contribution in [1.82, 2.24) is 10.1 Å². The third-order valence-electron chi connectivity index (χ3n) is 4.08. The van der Waals surface area contributed by atoms with Gasteiger partial charge in [0.1, 0.15) is 11.5 Å². The molecule has 7 nitrogen and oxygen atoms in total. The third kappa shape index (κ3) is 3.33. The van der Waals surface area contributed by atoms with Gasteiger partial charge in [-0.3, -0.25) is 4.79 Å². The Bertz CT molecular complexity index is 941. The highest BCUT2D eigenvalue weighted by molar-refractivity contribution is 6.12. The molecule has 7 heteroatoms. The molecule has 3 rings (SSSR count). The van der Waals surface area contributed by atoms with Crippen LogP contribution in [-0.2, 0) is 0 Å². The molecule has 0 aliphatic rings. The molecular weight excluding hydrogens is 334 g/mol. The molecule has 0 spiro atoms. The van der Waals surface area contributed by atoms with Crippen LogP contribution in [0, 0.1) is 6.92 Å². The second kappa shape index (κ2) is 7.03. The fourth-order valence-corrected chi connectivity index (χ4v) is 2.67.